The summed E-state index contributed by atoms with van der Waals surface area (Å²) in [7, 11) is 3.71. The fraction of sp³-hybridized carbons (Fsp3) is 0.500. The molecule has 4 nitrogen and oxygen atoms in total. The van der Waals surface area contributed by atoms with Crippen LogP contribution in [0.2, 0.25) is 0 Å². The van der Waals surface area contributed by atoms with Crippen LogP contribution in [0.3, 0.4) is 0 Å². The summed E-state index contributed by atoms with van der Waals surface area (Å²) in [6.07, 6.45) is 3.72. The first kappa shape index (κ1) is 11.5. The Bertz CT molecular complexity index is 555. The van der Waals surface area contributed by atoms with Crippen molar-refractivity contribution in [3.05, 3.63) is 23.9 Å². The van der Waals surface area contributed by atoms with Crippen molar-refractivity contribution in [3.8, 4) is 5.75 Å². The highest BCUT2D eigenvalue weighted by atomic mass is 16.5. The second kappa shape index (κ2) is 4.61. The lowest BCUT2D eigenvalue weighted by molar-refractivity contribution is 0.404. The largest absolute Gasteiger partial charge is 0.497 e. The number of rotatable bonds is 2. The topological polar surface area (TPSA) is 39.1 Å². The Morgan fingerprint density at radius 1 is 1.39 bits per heavy atom. The van der Waals surface area contributed by atoms with Gasteiger partial charge in [0.1, 0.15) is 5.75 Å². The summed E-state index contributed by atoms with van der Waals surface area (Å²) in [5.41, 5.74) is 2.32. The van der Waals surface area contributed by atoms with Crippen LogP contribution < -0.4 is 10.1 Å². The van der Waals surface area contributed by atoms with Crippen molar-refractivity contribution in [3.63, 3.8) is 0 Å². The van der Waals surface area contributed by atoms with Crippen molar-refractivity contribution >= 4 is 10.9 Å². The molecule has 1 aromatic heterocycles. The van der Waals surface area contributed by atoms with Crippen LogP contribution >= 0.6 is 0 Å². The van der Waals surface area contributed by atoms with Crippen LogP contribution in [0.5, 0.6) is 5.75 Å². The molecule has 1 N–H and O–H groups in total. The molecule has 1 saturated heterocycles. The molecule has 18 heavy (non-hydrogen) atoms. The molecule has 0 radical (unpaired) electrons. The van der Waals surface area contributed by atoms with E-state index in [4.69, 9.17) is 4.74 Å². The van der Waals surface area contributed by atoms with Crippen molar-refractivity contribution in [2.24, 2.45) is 7.05 Å². The maximum absolute atomic E-state index is 5.32. The van der Waals surface area contributed by atoms with E-state index in [1.54, 1.807) is 7.11 Å². The van der Waals surface area contributed by atoms with Crippen LogP contribution in [0, 0.1) is 0 Å². The van der Waals surface area contributed by atoms with Gasteiger partial charge >= 0.3 is 0 Å². The summed E-state index contributed by atoms with van der Waals surface area (Å²) in [6.45, 7) is 1.09. The molecule has 96 valence electrons. The molecule has 0 bridgehead atoms. The Morgan fingerprint density at radius 2 is 2.28 bits per heavy atom. The lowest BCUT2D eigenvalue weighted by atomic mass is 9.99. The Labute approximate surface area is 107 Å². The van der Waals surface area contributed by atoms with Crippen LogP contribution in [0.25, 0.3) is 10.9 Å². The smallest absolute Gasteiger partial charge is 0.119 e. The Balaban J connectivity index is 2.09. The third-order valence-electron chi connectivity index (χ3n) is 3.73. The summed E-state index contributed by atoms with van der Waals surface area (Å²) in [5, 5.41) is 9.45. The van der Waals surface area contributed by atoms with Crippen LogP contribution in [-0.2, 0) is 7.05 Å². The molecule has 1 atom stereocenters. The van der Waals surface area contributed by atoms with Crippen LogP contribution in [-0.4, -0.2) is 23.4 Å². The highest BCUT2D eigenvalue weighted by molar-refractivity contribution is 5.84. The highest BCUT2D eigenvalue weighted by Crippen LogP contribution is 2.30. The van der Waals surface area contributed by atoms with Crippen molar-refractivity contribution in [1.82, 2.24) is 15.1 Å². The number of aromatic nitrogens is 2. The second-order valence-electron chi connectivity index (χ2n) is 4.89. The van der Waals surface area contributed by atoms with E-state index >= 15 is 0 Å². The zero-order valence-electron chi connectivity index (χ0n) is 10.9. The molecule has 2 heterocycles. The highest BCUT2D eigenvalue weighted by Gasteiger charge is 2.21. The van der Waals surface area contributed by atoms with Gasteiger partial charge in [-0.25, -0.2) is 0 Å². The molecule has 1 fully saturated rings. The predicted octanol–water partition coefficient (Wildman–Crippen LogP) is 2.40. The molecule has 3 rings (SSSR count). The zero-order chi connectivity index (χ0) is 12.5. The number of hydrogen-bond donors (Lipinski definition) is 1. The Kier molecular flexibility index (Phi) is 2.96. The molecule has 1 aromatic carbocycles. The van der Waals surface area contributed by atoms with Gasteiger partial charge in [-0.05, 0) is 37.6 Å². The number of nitrogens with one attached hydrogen (secondary N) is 1. The lowest BCUT2D eigenvalue weighted by Crippen LogP contribution is -2.27. The quantitative estimate of drug-likeness (QED) is 0.883. The third-order valence-corrected chi connectivity index (χ3v) is 3.73. The normalized spacial score (nSPS) is 20.2. The first-order chi connectivity index (χ1) is 8.79. The number of methoxy groups -OCH3 is 1. The zero-order valence-corrected chi connectivity index (χ0v) is 10.9. The van der Waals surface area contributed by atoms with E-state index in [2.05, 4.69) is 22.5 Å². The number of fused-ring (bicyclic) bond motifs is 1. The average molecular weight is 245 g/mol. The van der Waals surface area contributed by atoms with Crippen molar-refractivity contribution in [1.29, 1.82) is 0 Å². The summed E-state index contributed by atoms with van der Waals surface area (Å²) in [6, 6.07) is 6.54. The lowest BCUT2D eigenvalue weighted by Gasteiger charge is -2.22. The molecule has 0 aliphatic carbocycles. The maximum atomic E-state index is 5.32. The van der Waals surface area contributed by atoms with E-state index < -0.39 is 0 Å². The fourth-order valence-electron chi connectivity index (χ4n) is 2.74. The van der Waals surface area contributed by atoms with Gasteiger partial charge < -0.3 is 10.1 Å². The van der Waals surface area contributed by atoms with Gasteiger partial charge in [0, 0.05) is 12.4 Å². The van der Waals surface area contributed by atoms with E-state index in [9.17, 15) is 0 Å². The van der Waals surface area contributed by atoms with Gasteiger partial charge in [0.15, 0.2) is 0 Å². The molecule has 4 heteroatoms. The minimum atomic E-state index is 0.384. The molecule has 2 aromatic rings. The SMILES string of the molecule is COc1ccc2c(c1)c(C1CCCCN1)nn2C. The Hall–Kier alpha value is -1.55. The number of hydrogen-bond acceptors (Lipinski definition) is 3. The molecular weight excluding hydrogens is 226 g/mol. The molecule has 0 spiro atoms. The van der Waals surface area contributed by atoms with E-state index in [0.717, 1.165) is 23.5 Å². The third kappa shape index (κ3) is 1.86. The van der Waals surface area contributed by atoms with Gasteiger partial charge in [-0.15, -0.1) is 0 Å². The van der Waals surface area contributed by atoms with E-state index in [1.165, 1.54) is 24.6 Å². The second-order valence-corrected chi connectivity index (χ2v) is 4.89. The van der Waals surface area contributed by atoms with Gasteiger partial charge in [0.25, 0.3) is 0 Å². The van der Waals surface area contributed by atoms with Crippen molar-refractivity contribution in [2.45, 2.75) is 25.3 Å². The van der Waals surface area contributed by atoms with Gasteiger partial charge in [-0.2, -0.15) is 5.10 Å². The molecule has 1 unspecified atom stereocenters. The number of nitrogens with zero attached hydrogens (tertiary/aromatic N) is 2. The van der Waals surface area contributed by atoms with Gasteiger partial charge in [-0.3, -0.25) is 4.68 Å². The van der Waals surface area contributed by atoms with Crippen LogP contribution in [0.4, 0.5) is 0 Å². The minimum absolute atomic E-state index is 0.384. The van der Waals surface area contributed by atoms with Gasteiger partial charge in [0.05, 0.1) is 24.4 Å². The Morgan fingerprint density at radius 3 is 3.00 bits per heavy atom. The van der Waals surface area contributed by atoms with Crippen molar-refractivity contribution < 1.29 is 4.74 Å². The van der Waals surface area contributed by atoms with Crippen molar-refractivity contribution in [2.75, 3.05) is 13.7 Å². The first-order valence-electron chi connectivity index (χ1n) is 6.53. The summed E-state index contributed by atoms with van der Waals surface area (Å²) in [4.78, 5) is 0. The minimum Gasteiger partial charge on any atom is -0.497 e. The predicted molar refractivity (Wildman–Crippen MR) is 71.9 cm³/mol. The average Bonchev–Trinajstić information content (AvgIpc) is 2.76. The van der Waals surface area contributed by atoms with E-state index in [0.29, 0.717) is 6.04 Å². The maximum Gasteiger partial charge on any atom is 0.119 e. The molecular formula is C14H19N3O. The van der Waals surface area contributed by atoms with E-state index in [1.807, 2.05) is 17.8 Å². The summed E-state index contributed by atoms with van der Waals surface area (Å²) < 4.78 is 7.28. The fourth-order valence-corrected chi connectivity index (χ4v) is 2.74. The van der Waals surface area contributed by atoms with E-state index in [-0.39, 0.29) is 0 Å². The number of benzene rings is 1. The summed E-state index contributed by atoms with van der Waals surface area (Å²) >= 11 is 0. The molecule has 1 aliphatic heterocycles. The summed E-state index contributed by atoms with van der Waals surface area (Å²) in [5.74, 6) is 0.896. The van der Waals surface area contributed by atoms with Crippen LogP contribution in [0.15, 0.2) is 18.2 Å². The van der Waals surface area contributed by atoms with Gasteiger partial charge in [-0.1, -0.05) is 6.42 Å². The molecule has 0 saturated carbocycles. The van der Waals surface area contributed by atoms with Crippen LogP contribution in [0.1, 0.15) is 31.0 Å². The molecule has 0 amide bonds. The number of piperidine rings is 1. The number of aryl methyl sites for hydroxylation is 1. The monoisotopic (exact) mass is 245 g/mol. The molecule has 1 aliphatic rings. The number of ether oxygens (including phenoxy) is 1. The first-order valence-corrected chi connectivity index (χ1v) is 6.53. The standard InChI is InChI=1S/C14H19N3O/c1-17-13-7-6-10(18-2)9-11(13)14(16-17)12-5-3-4-8-15-12/h6-7,9,12,15H,3-5,8H2,1-2H3. The van der Waals surface area contributed by atoms with Gasteiger partial charge in [0.2, 0.25) is 0 Å².